The lowest BCUT2D eigenvalue weighted by atomic mass is 10.3. The molecule has 0 radical (unpaired) electrons. The molecule has 0 amide bonds. The molecule has 0 aromatic carbocycles. The Bertz CT molecular complexity index is 569. The van der Waals surface area contributed by atoms with E-state index in [-0.39, 0.29) is 16.6 Å². The van der Waals surface area contributed by atoms with Gasteiger partial charge in [0, 0.05) is 11.3 Å². The van der Waals surface area contributed by atoms with Gasteiger partial charge in [-0.2, -0.15) is 16.9 Å². The van der Waals surface area contributed by atoms with E-state index in [1.165, 1.54) is 0 Å². The number of aromatic nitrogens is 2. The van der Waals surface area contributed by atoms with Gasteiger partial charge in [0.1, 0.15) is 5.56 Å². The summed E-state index contributed by atoms with van der Waals surface area (Å²) in [6.45, 7) is 0. The number of H-pyrrole nitrogens is 1. The molecular formula is C10H15N3O4S2. The van der Waals surface area contributed by atoms with Crippen molar-refractivity contribution in [3.63, 3.8) is 0 Å². The van der Waals surface area contributed by atoms with Gasteiger partial charge < -0.3 is 5.11 Å². The van der Waals surface area contributed by atoms with Gasteiger partial charge in [-0.15, -0.1) is 0 Å². The first kappa shape index (κ1) is 14.4. The predicted molar refractivity (Wildman–Crippen MR) is 70.8 cm³/mol. The summed E-state index contributed by atoms with van der Waals surface area (Å²) in [6.07, 6.45) is 5.48. The van der Waals surface area contributed by atoms with Gasteiger partial charge in [-0.25, -0.2) is 17.9 Å². The number of carboxylic acid groups (broad SMARTS) is 1. The second kappa shape index (κ2) is 5.51. The summed E-state index contributed by atoms with van der Waals surface area (Å²) in [5, 5.41) is 14.7. The van der Waals surface area contributed by atoms with Crippen molar-refractivity contribution in [1.82, 2.24) is 14.9 Å². The molecule has 1 aromatic rings. The Morgan fingerprint density at radius 2 is 2.32 bits per heavy atom. The summed E-state index contributed by atoms with van der Waals surface area (Å²) in [5.74, 6) is -1.32. The third-order valence-corrected chi connectivity index (χ3v) is 5.73. The molecule has 1 aliphatic rings. The molecule has 3 N–H and O–H groups in total. The summed E-state index contributed by atoms with van der Waals surface area (Å²) >= 11 is 1.72. The third kappa shape index (κ3) is 3.10. The number of hydrogen-bond donors (Lipinski definition) is 3. The molecule has 9 heteroatoms. The van der Waals surface area contributed by atoms with Crippen LogP contribution >= 0.6 is 11.8 Å². The van der Waals surface area contributed by atoms with Gasteiger partial charge in [-0.3, -0.25) is 5.10 Å². The van der Waals surface area contributed by atoms with Gasteiger partial charge in [0.15, 0.2) is 5.03 Å². The molecule has 19 heavy (non-hydrogen) atoms. The molecule has 106 valence electrons. The second-order valence-electron chi connectivity index (χ2n) is 4.41. The Hall–Kier alpha value is -1.06. The summed E-state index contributed by atoms with van der Waals surface area (Å²) < 4.78 is 26.8. The molecule has 0 aliphatic heterocycles. The van der Waals surface area contributed by atoms with Crippen LogP contribution in [0.4, 0.5) is 0 Å². The maximum absolute atomic E-state index is 12.1. The Kier molecular flexibility index (Phi) is 4.16. The zero-order chi connectivity index (χ0) is 14.0. The van der Waals surface area contributed by atoms with Crippen LogP contribution in [0.3, 0.4) is 0 Å². The van der Waals surface area contributed by atoms with Gasteiger partial charge in [0.25, 0.3) is 10.0 Å². The predicted octanol–water partition coefficient (Wildman–Crippen LogP) is 0.670. The number of aromatic amines is 1. The first-order valence-electron chi connectivity index (χ1n) is 5.76. The maximum atomic E-state index is 12.1. The zero-order valence-electron chi connectivity index (χ0n) is 10.3. The van der Waals surface area contributed by atoms with Crippen molar-refractivity contribution in [2.24, 2.45) is 0 Å². The molecular weight excluding hydrogens is 290 g/mol. The lowest BCUT2D eigenvalue weighted by Gasteiger charge is -2.12. The number of aromatic carboxylic acids is 1. The highest BCUT2D eigenvalue weighted by Gasteiger charge is 2.31. The van der Waals surface area contributed by atoms with Crippen LogP contribution in [-0.2, 0) is 10.0 Å². The number of nitrogens with zero attached hydrogens (tertiary/aromatic N) is 1. The summed E-state index contributed by atoms with van der Waals surface area (Å²) in [7, 11) is -3.87. The highest BCUT2D eigenvalue weighted by Crippen LogP contribution is 2.29. The van der Waals surface area contributed by atoms with Crippen molar-refractivity contribution < 1.29 is 18.3 Å². The van der Waals surface area contributed by atoms with Crippen molar-refractivity contribution in [1.29, 1.82) is 0 Å². The Morgan fingerprint density at radius 1 is 1.58 bits per heavy atom. The lowest BCUT2D eigenvalue weighted by molar-refractivity contribution is 0.0692. The average Bonchev–Trinajstić information content (AvgIpc) is 2.95. The van der Waals surface area contributed by atoms with E-state index in [0.29, 0.717) is 5.25 Å². The van der Waals surface area contributed by atoms with E-state index in [1.807, 2.05) is 6.26 Å². The summed E-state index contributed by atoms with van der Waals surface area (Å²) in [6, 6.07) is -0.146. The van der Waals surface area contributed by atoms with Crippen molar-refractivity contribution in [3.8, 4) is 0 Å². The minimum Gasteiger partial charge on any atom is -0.478 e. The van der Waals surface area contributed by atoms with E-state index in [9.17, 15) is 13.2 Å². The van der Waals surface area contributed by atoms with Gasteiger partial charge in [-0.1, -0.05) is 0 Å². The minimum absolute atomic E-state index is 0.146. The van der Waals surface area contributed by atoms with E-state index < -0.39 is 16.0 Å². The van der Waals surface area contributed by atoms with Gasteiger partial charge in [-0.05, 0) is 25.5 Å². The third-order valence-electron chi connectivity index (χ3n) is 3.14. The normalized spacial score (nSPS) is 23.6. The molecule has 2 unspecified atom stereocenters. The van der Waals surface area contributed by atoms with E-state index in [1.54, 1.807) is 11.8 Å². The Labute approximate surface area is 115 Å². The number of sulfonamides is 1. The molecule has 0 bridgehead atoms. The molecule has 1 heterocycles. The number of nitrogens with one attached hydrogen (secondary N) is 2. The lowest BCUT2D eigenvalue weighted by Crippen LogP contribution is -2.34. The SMILES string of the molecule is CSC1CCC(NS(=O)(=O)c2[nH]ncc2C(=O)O)C1. The topological polar surface area (TPSA) is 112 Å². The number of carboxylic acids is 1. The van der Waals surface area contributed by atoms with Crippen LogP contribution in [-0.4, -0.2) is 47.2 Å². The molecule has 0 saturated heterocycles. The minimum atomic E-state index is -3.87. The van der Waals surface area contributed by atoms with Crippen molar-refractivity contribution in [3.05, 3.63) is 11.8 Å². The highest BCUT2D eigenvalue weighted by molar-refractivity contribution is 7.99. The van der Waals surface area contributed by atoms with Crippen molar-refractivity contribution >= 4 is 27.8 Å². The Balaban J connectivity index is 2.15. The van der Waals surface area contributed by atoms with Gasteiger partial charge in [0.2, 0.25) is 0 Å². The average molecular weight is 305 g/mol. The maximum Gasteiger partial charge on any atom is 0.340 e. The zero-order valence-corrected chi connectivity index (χ0v) is 11.9. The smallest absolute Gasteiger partial charge is 0.340 e. The molecule has 1 aliphatic carbocycles. The van der Waals surface area contributed by atoms with E-state index in [4.69, 9.17) is 5.11 Å². The molecule has 1 fully saturated rings. The van der Waals surface area contributed by atoms with Gasteiger partial charge >= 0.3 is 5.97 Å². The molecule has 1 aromatic heterocycles. The molecule has 2 atom stereocenters. The largest absolute Gasteiger partial charge is 0.478 e. The van der Waals surface area contributed by atoms with Gasteiger partial charge in [0.05, 0.1) is 6.20 Å². The van der Waals surface area contributed by atoms with E-state index in [2.05, 4.69) is 14.9 Å². The fraction of sp³-hybridized carbons (Fsp3) is 0.600. The van der Waals surface area contributed by atoms with Crippen molar-refractivity contribution in [2.45, 2.75) is 35.6 Å². The van der Waals surface area contributed by atoms with Crippen LogP contribution in [0.15, 0.2) is 11.2 Å². The van der Waals surface area contributed by atoms with Crippen molar-refractivity contribution in [2.75, 3.05) is 6.26 Å². The molecule has 1 saturated carbocycles. The van der Waals surface area contributed by atoms with E-state index in [0.717, 1.165) is 25.5 Å². The quantitative estimate of drug-likeness (QED) is 0.737. The van der Waals surface area contributed by atoms with Crippen LogP contribution in [0.1, 0.15) is 29.6 Å². The van der Waals surface area contributed by atoms with Crippen LogP contribution in [0.2, 0.25) is 0 Å². The fourth-order valence-electron chi connectivity index (χ4n) is 2.17. The summed E-state index contributed by atoms with van der Waals surface area (Å²) in [5.41, 5.74) is -0.341. The van der Waals surface area contributed by atoms with E-state index >= 15 is 0 Å². The molecule has 0 spiro atoms. The highest BCUT2D eigenvalue weighted by atomic mass is 32.2. The fourth-order valence-corrected chi connectivity index (χ4v) is 4.34. The number of hydrogen-bond acceptors (Lipinski definition) is 5. The number of carbonyl (C=O) groups is 1. The van der Waals surface area contributed by atoms with Crippen LogP contribution in [0.5, 0.6) is 0 Å². The molecule has 2 rings (SSSR count). The molecule has 7 nitrogen and oxygen atoms in total. The first-order chi connectivity index (χ1) is 8.94. The Morgan fingerprint density at radius 3 is 2.89 bits per heavy atom. The number of thioether (sulfide) groups is 1. The van der Waals surface area contributed by atoms with Crippen LogP contribution in [0.25, 0.3) is 0 Å². The second-order valence-corrected chi connectivity index (χ2v) is 7.20. The summed E-state index contributed by atoms with van der Waals surface area (Å²) in [4.78, 5) is 10.9. The van der Waals surface area contributed by atoms with Crippen LogP contribution < -0.4 is 4.72 Å². The first-order valence-corrected chi connectivity index (χ1v) is 8.53. The monoisotopic (exact) mass is 305 g/mol. The van der Waals surface area contributed by atoms with Crippen LogP contribution in [0, 0.1) is 0 Å². The number of rotatable bonds is 5. The standard InChI is InChI=1S/C10H15N3O4S2/c1-18-7-3-2-6(4-7)13-19(16,17)9-8(10(14)15)5-11-12-9/h5-7,13H,2-4H2,1H3,(H,11,12)(H,14,15).